The van der Waals surface area contributed by atoms with Crippen LogP contribution in [0.4, 0.5) is 5.95 Å². The number of carbonyl (C=O) groups excluding carboxylic acids is 1. The van der Waals surface area contributed by atoms with E-state index >= 15 is 0 Å². The van der Waals surface area contributed by atoms with Crippen molar-refractivity contribution < 1.29 is 9.53 Å². The Morgan fingerprint density at radius 3 is 3.00 bits per heavy atom. The average molecular weight is 330 g/mol. The van der Waals surface area contributed by atoms with Crippen LogP contribution in [0.5, 0.6) is 0 Å². The Labute approximate surface area is 136 Å². The molecular weight excluding hydrogens is 316 g/mol. The van der Waals surface area contributed by atoms with Crippen molar-refractivity contribution in [3.8, 4) is 11.5 Å². The highest BCUT2D eigenvalue weighted by Crippen LogP contribution is 2.20. The van der Waals surface area contributed by atoms with Crippen molar-refractivity contribution in [1.29, 1.82) is 0 Å². The number of aromatic amines is 1. The predicted molar refractivity (Wildman–Crippen MR) is 85.1 cm³/mol. The largest absolute Gasteiger partial charge is 0.378 e. The number of methoxy groups -OCH3 is 1. The third-order valence-corrected chi connectivity index (χ3v) is 4.06. The SMILES string of the molecule is COCc1nc(C)c(C(=O)Nc2n[nH]c(-c3ccccn3)n2)s1. The first-order valence-electron chi connectivity index (χ1n) is 6.77. The molecule has 0 aliphatic rings. The van der Waals surface area contributed by atoms with Crippen molar-refractivity contribution in [2.24, 2.45) is 0 Å². The molecule has 0 saturated heterocycles. The summed E-state index contributed by atoms with van der Waals surface area (Å²) in [6.07, 6.45) is 1.66. The number of H-pyrrole nitrogens is 1. The lowest BCUT2D eigenvalue weighted by Gasteiger charge is -1.98. The lowest BCUT2D eigenvalue weighted by molar-refractivity contribution is 0.102. The first-order chi connectivity index (χ1) is 11.2. The second-order valence-corrected chi connectivity index (χ2v) is 5.72. The van der Waals surface area contributed by atoms with Crippen LogP contribution in [0, 0.1) is 6.92 Å². The summed E-state index contributed by atoms with van der Waals surface area (Å²) < 4.78 is 5.03. The summed E-state index contributed by atoms with van der Waals surface area (Å²) in [5.41, 5.74) is 1.30. The Morgan fingerprint density at radius 2 is 2.26 bits per heavy atom. The molecule has 2 N–H and O–H groups in total. The Morgan fingerprint density at radius 1 is 1.39 bits per heavy atom. The van der Waals surface area contributed by atoms with Gasteiger partial charge in [-0.3, -0.25) is 20.2 Å². The maximum atomic E-state index is 12.3. The van der Waals surface area contributed by atoms with Crippen molar-refractivity contribution in [3.63, 3.8) is 0 Å². The van der Waals surface area contributed by atoms with E-state index in [4.69, 9.17) is 4.74 Å². The Kier molecular flexibility index (Phi) is 4.40. The minimum absolute atomic E-state index is 0.191. The van der Waals surface area contributed by atoms with E-state index < -0.39 is 0 Å². The van der Waals surface area contributed by atoms with Crippen LogP contribution in [-0.4, -0.2) is 38.2 Å². The Bertz CT molecular complexity index is 814. The Hall–Kier alpha value is -2.65. The standard InChI is InChI=1S/C14H14N6O2S/c1-8-11(23-10(16-8)7-22-2)13(21)18-14-17-12(19-20-14)9-5-3-4-6-15-9/h3-6H,7H2,1-2H3,(H2,17,18,19,20,21). The number of hydrogen-bond donors (Lipinski definition) is 2. The molecule has 8 nitrogen and oxygen atoms in total. The van der Waals surface area contributed by atoms with Crippen molar-refractivity contribution in [2.45, 2.75) is 13.5 Å². The molecule has 0 aliphatic carbocycles. The first-order valence-corrected chi connectivity index (χ1v) is 7.59. The number of hydrogen-bond acceptors (Lipinski definition) is 7. The topological polar surface area (TPSA) is 106 Å². The number of carbonyl (C=O) groups is 1. The zero-order valence-corrected chi connectivity index (χ0v) is 13.3. The molecular formula is C14H14N6O2S. The number of ether oxygens (including phenoxy) is 1. The number of nitrogens with zero attached hydrogens (tertiary/aromatic N) is 4. The van der Waals surface area contributed by atoms with Crippen LogP contribution in [0.2, 0.25) is 0 Å². The van der Waals surface area contributed by atoms with Crippen LogP contribution in [0.3, 0.4) is 0 Å². The number of aryl methyl sites for hydroxylation is 1. The van der Waals surface area contributed by atoms with Gasteiger partial charge in [0.2, 0.25) is 5.95 Å². The zero-order chi connectivity index (χ0) is 16.2. The monoisotopic (exact) mass is 330 g/mol. The van der Waals surface area contributed by atoms with Crippen LogP contribution in [-0.2, 0) is 11.3 Å². The van der Waals surface area contributed by atoms with Gasteiger partial charge in [0.05, 0.1) is 12.3 Å². The summed E-state index contributed by atoms with van der Waals surface area (Å²) in [6, 6.07) is 5.46. The maximum Gasteiger partial charge on any atom is 0.270 e. The highest BCUT2D eigenvalue weighted by atomic mass is 32.1. The third-order valence-electron chi connectivity index (χ3n) is 2.93. The van der Waals surface area contributed by atoms with Crippen molar-refractivity contribution in [3.05, 3.63) is 40.0 Å². The molecule has 23 heavy (non-hydrogen) atoms. The highest BCUT2D eigenvalue weighted by molar-refractivity contribution is 7.13. The van der Waals surface area contributed by atoms with Gasteiger partial charge in [0.25, 0.3) is 5.91 Å². The fourth-order valence-electron chi connectivity index (χ4n) is 1.94. The molecule has 118 valence electrons. The smallest absolute Gasteiger partial charge is 0.270 e. The lowest BCUT2D eigenvalue weighted by Crippen LogP contribution is -2.12. The molecule has 3 heterocycles. The van der Waals surface area contributed by atoms with Gasteiger partial charge in [-0.05, 0) is 19.1 Å². The molecule has 0 radical (unpaired) electrons. The number of pyridine rings is 1. The van der Waals surface area contributed by atoms with E-state index in [1.54, 1.807) is 26.3 Å². The lowest BCUT2D eigenvalue weighted by atomic mass is 10.3. The van der Waals surface area contributed by atoms with Gasteiger partial charge in [-0.25, -0.2) is 4.98 Å². The summed E-state index contributed by atoms with van der Waals surface area (Å²) in [7, 11) is 1.59. The third kappa shape index (κ3) is 3.41. The van der Waals surface area contributed by atoms with Gasteiger partial charge in [0.15, 0.2) is 5.82 Å². The summed E-state index contributed by atoms with van der Waals surface area (Å²) in [5.74, 6) is 0.382. The molecule has 9 heteroatoms. The molecule has 0 aromatic carbocycles. The van der Waals surface area contributed by atoms with Gasteiger partial charge in [0, 0.05) is 13.3 Å². The molecule has 1 amide bonds. The molecule has 3 aromatic heterocycles. The summed E-state index contributed by atoms with van der Waals surface area (Å²) in [4.78, 5) is 25.5. The molecule has 0 unspecified atom stereocenters. The van der Waals surface area contributed by atoms with E-state index in [-0.39, 0.29) is 11.9 Å². The average Bonchev–Trinajstić information content (AvgIpc) is 3.15. The summed E-state index contributed by atoms with van der Waals surface area (Å²) >= 11 is 1.29. The van der Waals surface area contributed by atoms with Gasteiger partial charge < -0.3 is 4.74 Å². The second-order valence-electron chi connectivity index (χ2n) is 4.63. The number of aromatic nitrogens is 5. The minimum atomic E-state index is -0.297. The molecule has 0 bridgehead atoms. The van der Waals surface area contributed by atoms with Crippen LogP contribution in [0.1, 0.15) is 20.4 Å². The van der Waals surface area contributed by atoms with E-state index in [0.717, 1.165) is 5.01 Å². The number of rotatable bonds is 5. The van der Waals surface area contributed by atoms with Crippen molar-refractivity contribution in [2.75, 3.05) is 12.4 Å². The quantitative estimate of drug-likeness (QED) is 0.741. The van der Waals surface area contributed by atoms with E-state index in [1.807, 2.05) is 12.1 Å². The number of amides is 1. The molecule has 0 fully saturated rings. The molecule has 0 saturated carbocycles. The zero-order valence-electron chi connectivity index (χ0n) is 12.5. The van der Waals surface area contributed by atoms with Gasteiger partial charge in [-0.15, -0.1) is 16.4 Å². The fraction of sp³-hybridized carbons (Fsp3) is 0.214. The number of anilines is 1. The van der Waals surface area contributed by atoms with Crippen LogP contribution in [0.15, 0.2) is 24.4 Å². The van der Waals surface area contributed by atoms with Gasteiger partial charge in [-0.2, -0.15) is 4.98 Å². The highest BCUT2D eigenvalue weighted by Gasteiger charge is 2.17. The summed E-state index contributed by atoms with van der Waals surface area (Å²) in [5, 5.41) is 10.1. The normalized spacial score (nSPS) is 10.7. The van der Waals surface area contributed by atoms with E-state index in [9.17, 15) is 4.79 Å². The Balaban J connectivity index is 1.75. The van der Waals surface area contributed by atoms with Gasteiger partial charge >= 0.3 is 0 Å². The van der Waals surface area contributed by atoms with Gasteiger partial charge in [-0.1, -0.05) is 6.07 Å². The van der Waals surface area contributed by atoms with Crippen LogP contribution >= 0.6 is 11.3 Å². The van der Waals surface area contributed by atoms with Crippen molar-refractivity contribution in [1.82, 2.24) is 25.1 Å². The van der Waals surface area contributed by atoms with Crippen LogP contribution < -0.4 is 5.32 Å². The minimum Gasteiger partial charge on any atom is -0.378 e. The van der Waals surface area contributed by atoms with Crippen molar-refractivity contribution >= 4 is 23.2 Å². The number of thiazole rings is 1. The fourth-order valence-corrected chi connectivity index (χ4v) is 2.87. The number of nitrogens with one attached hydrogen (secondary N) is 2. The van der Waals surface area contributed by atoms with E-state index in [1.165, 1.54) is 11.3 Å². The van der Waals surface area contributed by atoms with E-state index in [2.05, 4.69) is 30.5 Å². The van der Waals surface area contributed by atoms with E-state index in [0.29, 0.717) is 28.7 Å². The molecule has 3 aromatic rings. The molecule has 0 spiro atoms. The predicted octanol–water partition coefficient (Wildman–Crippen LogP) is 2.03. The van der Waals surface area contributed by atoms with Gasteiger partial charge in [0.1, 0.15) is 15.6 Å². The molecule has 0 aliphatic heterocycles. The van der Waals surface area contributed by atoms with Crippen LogP contribution in [0.25, 0.3) is 11.5 Å². The molecule has 0 atom stereocenters. The second kappa shape index (κ2) is 6.63. The molecule has 3 rings (SSSR count). The first kappa shape index (κ1) is 15.3. The maximum absolute atomic E-state index is 12.3. The summed E-state index contributed by atoms with van der Waals surface area (Å²) in [6.45, 7) is 2.16.